The van der Waals surface area contributed by atoms with E-state index in [4.69, 9.17) is 21.4 Å². The number of carbonyl (C=O) groups excluding carboxylic acids is 3. The zero-order valence-corrected chi connectivity index (χ0v) is 22.6. The van der Waals surface area contributed by atoms with Crippen molar-refractivity contribution >= 4 is 52.4 Å². The Morgan fingerprint density at radius 1 is 0.950 bits per heavy atom. The summed E-state index contributed by atoms with van der Waals surface area (Å²) in [5.74, 6) is -1.59. The van der Waals surface area contributed by atoms with E-state index in [2.05, 4.69) is 5.32 Å². The van der Waals surface area contributed by atoms with Crippen LogP contribution in [0.4, 0.5) is 5.69 Å². The molecule has 0 saturated heterocycles. The van der Waals surface area contributed by atoms with Crippen LogP contribution in [0, 0.1) is 0 Å². The molecule has 7 nitrogen and oxygen atoms in total. The van der Waals surface area contributed by atoms with Crippen molar-refractivity contribution < 1.29 is 19.1 Å². The zero-order chi connectivity index (χ0) is 27.9. The van der Waals surface area contributed by atoms with Gasteiger partial charge in [-0.2, -0.15) is 5.10 Å². The predicted molar refractivity (Wildman–Crippen MR) is 157 cm³/mol. The average Bonchev–Trinajstić information content (AvgIpc) is 3.67. The number of hydrogen-bond donors (Lipinski definition) is 1. The van der Waals surface area contributed by atoms with Crippen LogP contribution in [0.15, 0.2) is 109 Å². The molecule has 0 bridgehead atoms. The molecular formula is C31H22ClN3O4S. The van der Waals surface area contributed by atoms with Gasteiger partial charge in [-0.3, -0.25) is 9.59 Å². The highest BCUT2D eigenvalue weighted by atomic mass is 35.5. The summed E-state index contributed by atoms with van der Waals surface area (Å²) < 4.78 is 6.90. The fourth-order valence-electron chi connectivity index (χ4n) is 3.91. The number of ether oxygens (including phenoxy) is 1. The van der Waals surface area contributed by atoms with Crippen LogP contribution in [0.1, 0.15) is 21.5 Å². The molecular weight excluding hydrogens is 546 g/mol. The number of halogens is 1. The lowest BCUT2D eigenvalue weighted by molar-refractivity contribution is -0.142. The summed E-state index contributed by atoms with van der Waals surface area (Å²) in [6.45, 7) is -0.536. The molecule has 40 heavy (non-hydrogen) atoms. The number of anilines is 1. The number of nitrogens with zero attached hydrogens (tertiary/aromatic N) is 2. The van der Waals surface area contributed by atoms with Crippen LogP contribution in [-0.2, 0) is 14.3 Å². The van der Waals surface area contributed by atoms with E-state index in [9.17, 15) is 14.4 Å². The Morgan fingerprint density at radius 2 is 1.70 bits per heavy atom. The average molecular weight is 568 g/mol. The Hall–Kier alpha value is -4.79. The largest absolute Gasteiger partial charge is 0.452 e. The summed E-state index contributed by atoms with van der Waals surface area (Å²) >= 11 is 7.65. The first-order valence-corrected chi connectivity index (χ1v) is 13.5. The number of ketones is 1. The van der Waals surface area contributed by atoms with Gasteiger partial charge in [0.15, 0.2) is 12.4 Å². The van der Waals surface area contributed by atoms with Crippen LogP contribution in [0.2, 0.25) is 5.02 Å². The normalized spacial score (nSPS) is 10.9. The summed E-state index contributed by atoms with van der Waals surface area (Å²) in [5, 5.41) is 9.64. The zero-order valence-electron chi connectivity index (χ0n) is 21.0. The molecule has 5 rings (SSSR count). The molecule has 0 atom stereocenters. The molecule has 5 aromatic rings. The van der Waals surface area contributed by atoms with Crippen molar-refractivity contribution in [1.82, 2.24) is 9.78 Å². The van der Waals surface area contributed by atoms with Crippen LogP contribution < -0.4 is 5.32 Å². The molecule has 3 aromatic carbocycles. The smallest absolute Gasteiger partial charge is 0.331 e. The highest BCUT2D eigenvalue weighted by Crippen LogP contribution is 2.29. The number of carbonyl (C=O) groups is 3. The third-order valence-electron chi connectivity index (χ3n) is 5.80. The van der Waals surface area contributed by atoms with Crippen molar-refractivity contribution in [1.29, 1.82) is 0 Å². The van der Waals surface area contributed by atoms with Crippen molar-refractivity contribution in [2.24, 2.45) is 0 Å². The Bertz CT molecular complexity index is 1680. The summed E-state index contributed by atoms with van der Waals surface area (Å²) in [6.07, 6.45) is 4.69. The molecule has 0 unspecified atom stereocenters. The van der Waals surface area contributed by atoms with Crippen LogP contribution in [0.5, 0.6) is 0 Å². The maximum absolute atomic E-state index is 13.0. The van der Waals surface area contributed by atoms with Crippen LogP contribution in [-0.4, -0.2) is 34.0 Å². The molecule has 0 aliphatic carbocycles. The highest BCUT2D eigenvalue weighted by Gasteiger charge is 2.17. The second-order valence-corrected chi connectivity index (χ2v) is 9.95. The van der Waals surface area contributed by atoms with Gasteiger partial charge in [0.05, 0.1) is 16.3 Å². The van der Waals surface area contributed by atoms with Crippen molar-refractivity contribution in [3.8, 4) is 16.3 Å². The number of nitrogens with one attached hydrogen (secondary N) is 1. The number of rotatable bonds is 9. The topological polar surface area (TPSA) is 90.3 Å². The minimum Gasteiger partial charge on any atom is -0.452 e. The Morgan fingerprint density at radius 3 is 2.42 bits per heavy atom. The van der Waals surface area contributed by atoms with Gasteiger partial charge in [-0.05, 0) is 47.9 Å². The number of esters is 1. The second-order valence-electron chi connectivity index (χ2n) is 8.56. The number of amides is 1. The minimum atomic E-state index is -0.698. The van der Waals surface area contributed by atoms with Gasteiger partial charge in [-0.15, -0.1) is 11.3 Å². The van der Waals surface area contributed by atoms with E-state index in [0.29, 0.717) is 10.6 Å². The number of benzene rings is 3. The van der Waals surface area contributed by atoms with E-state index in [-0.39, 0.29) is 17.0 Å². The number of aromatic nitrogens is 2. The molecule has 0 aliphatic rings. The summed E-state index contributed by atoms with van der Waals surface area (Å²) in [7, 11) is 0. The maximum atomic E-state index is 13.0. The van der Waals surface area contributed by atoms with Gasteiger partial charge >= 0.3 is 5.97 Å². The molecule has 1 amide bonds. The fourth-order valence-corrected chi connectivity index (χ4v) is 4.82. The second kappa shape index (κ2) is 12.4. The molecule has 0 aliphatic heterocycles. The van der Waals surface area contributed by atoms with E-state index < -0.39 is 18.5 Å². The van der Waals surface area contributed by atoms with Crippen molar-refractivity contribution in [3.63, 3.8) is 0 Å². The lowest BCUT2D eigenvalue weighted by atomic mass is 10.0. The van der Waals surface area contributed by atoms with Gasteiger partial charge in [0.2, 0.25) is 0 Å². The molecule has 0 radical (unpaired) electrons. The first-order chi connectivity index (χ1) is 19.5. The molecule has 198 valence electrons. The Balaban J connectivity index is 1.25. The quantitative estimate of drug-likeness (QED) is 0.122. The van der Waals surface area contributed by atoms with Gasteiger partial charge in [-0.1, -0.05) is 66.2 Å². The van der Waals surface area contributed by atoms with Gasteiger partial charge in [0, 0.05) is 34.0 Å². The standard InChI is InChI=1S/C31H22ClN3O4S/c32-23-14-15-26(25(18-23)31(38)21-8-3-1-4-9-21)33-28(36)20-39-29(37)16-13-22-19-35(24-10-5-2-6-11-24)34-30(22)27-12-7-17-40-27/h1-19H,20H2,(H,33,36)/b16-13+. The van der Waals surface area contributed by atoms with Crippen molar-refractivity contribution in [3.05, 3.63) is 130 Å². The van der Waals surface area contributed by atoms with Crippen LogP contribution >= 0.6 is 22.9 Å². The van der Waals surface area contributed by atoms with Crippen molar-refractivity contribution in [2.75, 3.05) is 11.9 Å². The SMILES string of the molecule is O=C(COC(=O)/C=C/c1cn(-c2ccccc2)nc1-c1cccs1)Nc1ccc(Cl)cc1C(=O)c1ccccc1. The summed E-state index contributed by atoms with van der Waals surface area (Å²) in [4.78, 5) is 39.0. The molecule has 9 heteroatoms. The summed E-state index contributed by atoms with van der Waals surface area (Å²) in [6, 6.07) is 26.8. The first kappa shape index (κ1) is 26.8. The lowest BCUT2D eigenvalue weighted by Crippen LogP contribution is -2.21. The van der Waals surface area contributed by atoms with Gasteiger partial charge < -0.3 is 10.1 Å². The van der Waals surface area contributed by atoms with Gasteiger partial charge in [0.25, 0.3) is 5.91 Å². The third-order valence-corrected chi connectivity index (χ3v) is 6.91. The van der Waals surface area contributed by atoms with Gasteiger partial charge in [0.1, 0.15) is 5.69 Å². The molecule has 2 heterocycles. The van der Waals surface area contributed by atoms with E-state index in [0.717, 1.165) is 21.8 Å². The van der Waals surface area contributed by atoms with E-state index >= 15 is 0 Å². The first-order valence-electron chi connectivity index (χ1n) is 12.2. The van der Waals surface area contributed by atoms with Crippen molar-refractivity contribution in [2.45, 2.75) is 0 Å². The Kier molecular flexibility index (Phi) is 8.29. The van der Waals surface area contributed by atoms with Gasteiger partial charge in [-0.25, -0.2) is 9.48 Å². The molecule has 1 N–H and O–H groups in total. The molecule has 2 aromatic heterocycles. The Labute approximate surface area is 239 Å². The number of para-hydroxylation sites is 1. The highest BCUT2D eigenvalue weighted by molar-refractivity contribution is 7.13. The maximum Gasteiger partial charge on any atom is 0.331 e. The van der Waals surface area contributed by atoms with Crippen LogP contribution in [0.25, 0.3) is 22.3 Å². The molecule has 0 spiro atoms. The summed E-state index contributed by atoms with van der Waals surface area (Å²) in [5.41, 5.74) is 3.27. The number of hydrogen-bond acceptors (Lipinski definition) is 6. The van der Waals surface area contributed by atoms with E-state index in [1.54, 1.807) is 47.2 Å². The lowest BCUT2D eigenvalue weighted by Gasteiger charge is -2.11. The monoisotopic (exact) mass is 567 g/mol. The minimum absolute atomic E-state index is 0.231. The van der Waals surface area contributed by atoms with Crippen LogP contribution in [0.3, 0.4) is 0 Å². The molecule has 0 fully saturated rings. The number of thiophene rings is 1. The predicted octanol–water partition coefficient (Wildman–Crippen LogP) is 6.68. The fraction of sp³-hybridized carbons (Fsp3) is 0.0323. The van der Waals surface area contributed by atoms with E-state index in [1.165, 1.54) is 29.5 Å². The third kappa shape index (κ3) is 6.43. The molecule has 0 saturated carbocycles. The van der Waals surface area contributed by atoms with E-state index in [1.807, 2.05) is 54.0 Å².